The Hall–Kier alpha value is -2.59. The smallest absolute Gasteiger partial charge is 0.228 e. The van der Waals surface area contributed by atoms with Gasteiger partial charge in [-0.1, -0.05) is 67.9 Å². The van der Waals surface area contributed by atoms with Crippen LogP contribution >= 0.6 is 11.6 Å². The number of halogens is 1. The van der Waals surface area contributed by atoms with Crippen molar-refractivity contribution in [2.45, 2.75) is 25.8 Å². The summed E-state index contributed by atoms with van der Waals surface area (Å²) in [6.45, 7) is 4.11. The van der Waals surface area contributed by atoms with E-state index >= 15 is 0 Å². The molecular formula is C22H24ClN3O. The molecule has 0 bridgehead atoms. The third-order valence-electron chi connectivity index (χ3n) is 4.71. The van der Waals surface area contributed by atoms with Crippen LogP contribution < -0.4 is 5.32 Å². The van der Waals surface area contributed by atoms with Crippen molar-refractivity contribution in [2.75, 3.05) is 0 Å². The zero-order chi connectivity index (χ0) is 19.4. The van der Waals surface area contributed by atoms with Gasteiger partial charge < -0.3 is 9.88 Å². The van der Waals surface area contributed by atoms with Gasteiger partial charge >= 0.3 is 0 Å². The third-order valence-corrected chi connectivity index (χ3v) is 4.97. The molecule has 0 aliphatic heterocycles. The number of imidazole rings is 1. The molecule has 1 heterocycles. The molecule has 2 aromatic carbocycles. The maximum Gasteiger partial charge on any atom is 0.228 e. The highest BCUT2D eigenvalue weighted by Crippen LogP contribution is 2.28. The molecule has 27 heavy (non-hydrogen) atoms. The summed E-state index contributed by atoms with van der Waals surface area (Å²) >= 11 is 6.01. The van der Waals surface area contributed by atoms with Crippen LogP contribution in [0.1, 0.15) is 42.8 Å². The summed E-state index contributed by atoms with van der Waals surface area (Å²) in [6, 6.07) is 17.1. The highest BCUT2D eigenvalue weighted by atomic mass is 35.5. The van der Waals surface area contributed by atoms with Crippen LogP contribution in [0.2, 0.25) is 5.02 Å². The number of carbonyl (C=O) groups excluding carboxylic acids is 1. The van der Waals surface area contributed by atoms with E-state index in [-0.39, 0.29) is 23.8 Å². The molecule has 3 rings (SSSR count). The lowest BCUT2D eigenvalue weighted by Crippen LogP contribution is -2.36. The van der Waals surface area contributed by atoms with Crippen molar-refractivity contribution >= 4 is 17.5 Å². The summed E-state index contributed by atoms with van der Waals surface area (Å²) in [7, 11) is 1.93. The van der Waals surface area contributed by atoms with Gasteiger partial charge in [0.15, 0.2) is 0 Å². The van der Waals surface area contributed by atoms with Crippen LogP contribution in [0.25, 0.3) is 0 Å². The Morgan fingerprint density at radius 1 is 1.04 bits per heavy atom. The van der Waals surface area contributed by atoms with Crippen LogP contribution in [0, 0.1) is 5.92 Å². The molecule has 0 aliphatic rings. The van der Waals surface area contributed by atoms with Crippen molar-refractivity contribution in [2.24, 2.45) is 13.0 Å². The van der Waals surface area contributed by atoms with Crippen LogP contribution in [0.5, 0.6) is 0 Å². The molecule has 0 saturated carbocycles. The number of nitrogens with one attached hydrogen (secondary N) is 1. The fraction of sp³-hybridized carbons (Fsp3) is 0.273. The van der Waals surface area contributed by atoms with E-state index in [9.17, 15) is 4.79 Å². The van der Waals surface area contributed by atoms with Crippen LogP contribution in [0.3, 0.4) is 0 Å². The number of benzene rings is 2. The van der Waals surface area contributed by atoms with Crippen LogP contribution in [0.15, 0.2) is 67.0 Å². The molecular weight excluding hydrogens is 358 g/mol. The van der Waals surface area contributed by atoms with Crippen molar-refractivity contribution in [3.8, 4) is 0 Å². The minimum Gasteiger partial charge on any atom is -0.342 e. The maximum absolute atomic E-state index is 13.3. The quantitative estimate of drug-likeness (QED) is 0.671. The van der Waals surface area contributed by atoms with Crippen molar-refractivity contribution in [1.82, 2.24) is 14.9 Å². The maximum atomic E-state index is 13.3. The van der Waals surface area contributed by atoms with Gasteiger partial charge in [-0.15, -0.1) is 0 Å². The number of carbonyl (C=O) groups is 1. The predicted molar refractivity (Wildman–Crippen MR) is 109 cm³/mol. The van der Waals surface area contributed by atoms with Gasteiger partial charge in [0.2, 0.25) is 5.91 Å². The number of hydrogen-bond acceptors (Lipinski definition) is 2. The average molecular weight is 382 g/mol. The van der Waals surface area contributed by atoms with Gasteiger partial charge in [-0.2, -0.15) is 0 Å². The Labute approximate surface area is 165 Å². The molecule has 0 radical (unpaired) electrons. The Morgan fingerprint density at radius 3 is 2.26 bits per heavy atom. The Kier molecular flexibility index (Phi) is 5.97. The van der Waals surface area contributed by atoms with Crippen molar-refractivity contribution in [3.05, 3.63) is 89.0 Å². The zero-order valence-corrected chi connectivity index (χ0v) is 16.5. The summed E-state index contributed by atoms with van der Waals surface area (Å²) in [5.41, 5.74) is 1.96. The van der Waals surface area contributed by atoms with E-state index in [4.69, 9.17) is 11.6 Å². The van der Waals surface area contributed by atoms with Gasteiger partial charge in [-0.25, -0.2) is 4.98 Å². The van der Waals surface area contributed by atoms with Gasteiger partial charge in [0.1, 0.15) is 11.9 Å². The van der Waals surface area contributed by atoms with Crippen LogP contribution in [-0.2, 0) is 11.8 Å². The van der Waals surface area contributed by atoms with Crippen molar-refractivity contribution < 1.29 is 4.79 Å². The SMILES string of the molecule is CC(C)[C@@H](C(=O)N[C@@H](c1ccccc1)c1nccn1C)c1ccc(Cl)cc1. The minimum atomic E-state index is -0.313. The number of nitrogens with zero attached hydrogens (tertiary/aromatic N) is 2. The van der Waals surface area contributed by atoms with Gasteiger partial charge in [-0.3, -0.25) is 4.79 Å². The normalized spacial score (nSPS) is 13.4. The van der Waals surface area contributed by atoms with Gasteiger partial charge in [0, 0.05) is 24.5 Å². The highest BCUT2D eigenvalue weighted by Gasteiger charge is 2.28. The predicted octanol–water partition coefficient (Wildman–Crippen LogP) is 4.72. The molecule has 1 amide bonds. The minimum absolute atomic E-state index is 0.0239. The first-order chi connectivity index (χ1) is 13.0. The number of rotatable bonds is 6. The standard InChI is InChI=1S/C22H24ClN3O/c1-15(2)19(16-9-11-18(23)12-10-16)22(27)25-20(17-7-5-4-6-8-17)21-24-13-14-26(21)3/h4-15,19-20H,1-3H3,(H,25,27)/t19-,20+/m1/s1. The molecule has 4 nitrogen and oxygen atoms in total. The lowest BCUT2D eigenvalue weighted by Gasteiger charge is -2.25. The highest BCUT2D eigenvalue weighted by molar-refractivity contribution is 6.30. The third kappa shape index (κ3) is 4.40. The lowest BCUT2D eigenvalue weighted by molar-refractivity contribution is -0.124. The summed E-state index contributed by atoms with van der Waals surface area (Å²) in [4.78, 5) is 17.7. The second kappa shape index (κ2) is 8.40. The fourth-order valence-electron chi connectivity index (χ4n) is 3.34. The Bertz CT molecular complexity index is 887. The molecule has 0 fully saturated rings. The van der Waals surface area contributed by atoms with E-state index < -0.39 is 0 Å². The molecule has 5 heteroatoms. The molecule has 0 aliphatic carbocycles. The molecule has 2 atom stereocenters. The number of amides is 1. The molecule has 140 valence electrons. The zero-order valence-electron chi connectivity index (χ0n) is 15.8. The first-order valence-corrected chi connectivity index (χ1v) is 9.43. The molecule has 0 saturated heterocycles. The second-order valence-electron chi connectivity index (χ2n) is 7.02. The van der Waals surface area contributed by atoms with Crippen LogP contribution in [-0.4, -0.2) is 15.5 Å². The number of aryl methyl sites for hydroxylation is 1. The average Bonchev–Trinajstić information content (AvgIpc) is 3.07. The summed E-state index contributed by atoms with van der Waals surface area (Å²) in [5.74, 6) is 0.648. The number of hydrogen-bond donors (Lipinski definition) is 1. The van der Waals surface area contributed by atoms with E-state index in [0.29, 0.717) is 5.02 Å². The first-order valence-electron chi connectivity index (χ1n) is 9.05. The van der Waals surface area contributed by atoms with Crippen molar-refractivity contribution in [1.29, 1.82) is 0 Å². The number of aromatic nitrogens is 2. The summed E-state index contributed by atoms with van der Waals surface area (Å²) < 4.78 is 1.94. The first kappa shape index (κ1) is 19.2. The topological polar surface area (TPSA) is 46.9 Å². The van der Waals surface area contributed by atoms with E-state index in [1.165, 1.54) is 0 Å². The van der Waals surface area contributed by atoms with Crippen LogP contribution in [0.4, 0.5) is 0 Å². The van der Waals surface area contributed by atoms with E-state index in [2.05, 4.69) is 24.1 Å². The lowest BCUT2D eigenvalue weighted by atomic mass is 9.87. The Morgan fingerprint density at radius 2 is 1.70 bits per heavy atom. The van der Waals surface area contributed by atoms with Gasteiger partial charge in [0.25, 0.3) is 0 Å². The van der Waals surface area contributed by atoms with E-state index in [0.717, 1.165) is 17.0 Å². The molecule has 3 aromatic rings. The van der Waals surface area contributed by atoms with E-state index in [1.807, 2.05) is 72.4 Å². The largest absolute Gasteiger partial charge is 0.342 e. The van der Waals surface area contributed by atoms with Crippen molar-refractivity contribution in [3.63, 3.8) is 0 Å². The van der Waals surface area contributed by atoms with E-state index in [1.54, 1.807) is 6.20 Å². The molecule has 0 spiro atoms. The summed E-state index contributed by atoms with van der Waals surface area (Å²) in [6.07, 6.45) is 3.63. The summed E-state index contributed by atoms with van der Waals surface area (Å²) in [5, 5.41) is 3.88. The molecule has 1 N–H and O–H groups in total. The fourth-order valence-corrected chi connectivity index (χ4v) is 3.46. The van der Waals surface area contributed by atoms with Gasteiger partial charge in [-0.05, 0) is 29.2 Å². The van der Waals surface area contributed by atoms with Gasteiger partial charge in [0.05, 0.1) is 5.92 Å². The Balaban J connectivity index is 1.93. The molecule has 0 unspecified atom stereocenters. The second-order valence-corrected chi connectivity index (χ2v) is 7.46. The monoisotopic (exact) mass is 381 g/mol. The molecule has 1 aromatic heterocycles.